The van der Waals surface area contributed by atoms with Gasteiger partial charge in [0, 0.05) is 13.1 Å². The number of unbranched alkanes of at least 4 members (excludes halogenated alkanes) is 1. The van der Waals surface area contributed by atoms with Gasteiger partial charge < -0.3 is 10.1 Å². The molecule has 0 fully saturated rings. The Morgan fingerprint density at radius 3 is 2.52 bits per heavy atom. The highest BCUT2D eigenvalue weighted by atomic mass is 32.2. The monoisotopic (exact) mass is 314 g/mol. The lowest BCUT2D eigenvalue weighted by molar-refractivity contribution is 0.416. The first kappa shape index (κ1) is 17.8. The molecular weight excluding hydrogens is 288 g/mol. The number of nitrogens with one attached hydrogen (secondary N) is 1. The fourth-order valence-electron chi connectivity index (χ4n) is 1.98. The van der Waals surface area contributed by atoms with Gasteiger partial charge in [0.2, 0.25) is 10.0 Å². The third-order valence-electron chi connectivity index (χ3n) is 3.22. The van der Waals surface area contributed by atoms with Gasteiger partial charge in [-0.05, 0) is 31.5 Å². The molecular formula is C15H26N2O3S. The molecule has 1 rings (SSSR count). The van der Waals surface area contributed by atoms with Crippen LogP contribution in [0, 0.1) is 0 Å². The molecule has 120 valence electrons. The highest BCUT2D eigenvalue weighted by Crippen LogP contribution is 2.28. The molecule has 0 bridgehead atoms. The molecule has 1 aromatic carbocycles. The van der Waals surface area contributed by atoms with Crippen LogP contribution in [0.3, 0.4) is 0 Å². The Balaban J connectivity index is 2.61. The normalized spacial score (nSPS) is 11.7. The molecule has 6 heteroatoms. The van der Waals surface area contributed by atoms with E-state index in [9.17, 15) is 8.42 Å². The summed E-state index contributed by atoms with van der Waals surface area (Å²) in [6.45, 7) is 4.99. The second kappa shape index (κ2) is 8.24. The van der Waals surface area contributed by atoms with Crippen molar-refractivity contribution in [3.63, 3.8) is 0 Å². The third kappa shape index (κ3) is 5.55. The Kier molecular flexibility index (Phi) is 6.98. The van der Waals surface area contributed by atoms with Crippen LogP contribution < -0.4 is 14.4 Å². The van der Waals surface area contributed by atoms with E-state index in [4.69, 9.17) is 4.74 Å². The average Bonchev–Trinajstić information content (AvgIpc) is 2.45. The second-order valence-corrected chi connectivity index (χ2v) is 7.39. The average molecular weight is 314 g/mol. The van der Waals surface area contributed by atoms with Gasteiger partial charge in [-0.2, -0.15) is 0 Å². The lowest BCUT2D eigenvalue weighted by atomic mass is 10.3. The number of ether oxygens (including phenoxy) is 1. The number of anilines is 1. The minimum atomic E-state index is -3.32. The van der Waals surface area contributed by atoms with Gasteiger partial charge in [-0.15, -0.1) is 0 Å². The Bertz CT molecular complexity index is 529. The van der Waals surface area contributed by atoms with Crippen LogP contribution in [0.5, 0.6) is 5.75 Å². The van der Waals surface area contributed by atoms with Crippen molar-refractivity contribution in [3.05, 3.63) is 24.3 Å². The molecule has 0 atom stereocenters. The predicted octanol–water partition coefficient (Wildman–Crippen LogP) is 2.24. The topological polar surface area (TPSA) is 58.6 Å². The van der Waals surface area contributed by atoms with Crippen molar-refractivity contribution < 1.29 is 13.2 Å². The van der Waals surface area contributed by atoms with Crippen molar-refractivity contribution in [2.24, 2.45) is 0 Å². The van der Waals surface area contributed by atoms with Crippen LogP contribution in [-0.4, -0.2) is 40.9 Å². The lowest BCUT2D eigenvalue weighted by Gasteiger charge is -2.21. The van der Waals surface area contributed by atoms with E-state index in [-0.39, 0.29) is 5.75 Å². The molecule has 5 nitrogen and oxygen atoms in total. The van der Waals surface area contributed by atoms with Gasteiger partial charge >= 0.3 is 0 Å². The number of para-hydroxylation sites is 2. The number of methoxy groups -OCH3 is 1. The minimum absolute atomic E-state index is 0.140. The van der Waals surface area contributed by atoms with Gasteiger partial charge in [-0.25, -0.2) is 8.42 Å². The van der Waals surface area contributed by atoms with Crippen LogP contribution in [0.15, 0.2) is 24.3 Å². The quantitative estimate of drug-likeness (QED) is 0.710. The van der Waals surface area contributed by atoms with E-state index in [0.717, 1.165) is 13.0 Å². The highest BCUT2D eigenvalue weighted by Gasteiger charge is 2.20. The summed E-state index contributed by atoms with van der Waals surface area (Å²) in [6, 6.07) is 7.55. The number of benzene rings is 1. The van der Waals surface area contributed by atoms with E-state index in [0.29, 0.717) is 23.9 Å². The first-order chi connectivity index (χ1) is 9.88. The van der Waals surface area contributed by atoms with Crippen molar-refractivity contribution in [1.82, 2.24) is 5.32 Å². The maximum Gasteiger partial charge on any atom is 0.235 e. The fourth-order valence-corrected chi connectivity index (χ4v) is 3.27. The van der Waals surface area contributed by atoms with Crippen molar-refractivity contribution >= 4 is 15.7 Å². The van der Waals surface area contributed by atoms with E-state index in [2.05, 4.69) is 19.2 Å². The van der Waals surface area contributed by atoms with Gasteiger partial charge in [0.1, 0.15) is 5.75 Å². The Labute approximate surface area is 128 Å². The smallest absolute Gasteiger partial charge is 0.235 e. The molecule has 0 aliphatic carbocycles. The molecule has 0 unspecified atom stereocenters. The van der Waals surface area contributed by atoms with Crippen LogP contribution in [0.4, 0.5) is 5.69 Å². The van der Waals surface area contributed by atoms with Crippen molar-refractivity contribution in [1.29, 1.82) is 0 Å². The molecule has 0 spiro atoms. The Morgan fingerprint density at radius 1 is 1.24 bits per heavy atom. The molecule has 0 aliphatic rings. The van der Waals surface area contributed by atoms with Crippen molar-refractivity contribution in [3.8, 4) is 5.75 Å². The zero-order chi connectivity index (χ0) is 15.9. The van der Waals surface area contributed by atoms with Crippen LogP contribution in [0.2, 0.25) is 0 Å². The standard InChI is InChI=1S/C15H26N2O3S/c1-13(2)16-11-7-8-12-21(18,19)17(3)14-9-5-6-10-15(14)20-4/h5-6,9-10,13,16H,7-8,11-12H2,1-4H3. The minimum Gasteiger partial charge on any atom is -0.495 e. The molecule has 1 aromatic rings. The molecule has 0 aliphatic heterocycles. The molecule has 0 saturated carbocycles. The first-order valence-electron chi connectivity index (χ1n) is 7.21. The molecule has 0 amide bonds. The molecule has 21 heavy (non-hydrogen) atoms. The van der Waals surface area contributed by atoms with E-state index in [1.54, 1.807) is 25.2 Å². The largest absolute Gasteiger partial charge is 0.495 e. The van der Waals surface area contributed by atoms with Crippen molar-refractivity contribution in [2.45, 2.75) is 32.7 Å². The second-order valence-electron chi connectivity index (χ2n) is 5.27. The third-order valence-corrected chi connectivity index (χ3v) is 5.06. The molecule has 0 aromatic heterocycles. The summed E-state index contributed by atoms with van der Waals surface area (Å²) in [4.78, 5) is 0. The number of sulfonamides is 1. The van der Waals surface area contributed by atoms with Gasteiger partial charge in [-0.3, -0.25) is 4.31 Å². The lowest BCUT2D eigenvalue weighted by Crippen LogP contribution is -2.30. The maximum absolute atomic E-state index is 12.3. The van der Waals surface area contributed by atoms with Crippen LogP contribution in [0.1, 0.15) is 26.7 Å². The Hall–Kier alpha value is -1.27. The summed E-state index contributed by atoms with van der Waals surface area (Å²) >= 11 is 0. The maximum atomic E-state index is 12.3. The van der Waals surface area contributed by atoms with E-state index >= 15 is 0 Å². The summed E-state index contributed by atoms with van der Waals surface area (Å²) in [5, 5.41) is 3.28. The van der Waals surface area contributed by atoms with E-state index in [1.165, 1.54) is 11.4 Å². The van der Waals surface area contributed by atoms with Gasteiger partial charge in [0.05, 0.1) is 18.6 Å². The fraction of sp³-hybridized carbons (Fsp3) is 0.600. The zero-order valence-corrected chi connectivity index (χ0v) is 14.1. The highest BCUT2D eigenvalue weighted by molar-refractivity contribution is 7.92. The predicted molar refractivity (Wildman–Crippen MR) is 87.6 cm³/mol. The van der Waals surface area contributed by atoms with Crippen LogP contribution >= 0.6 is 0 Å². The summed E-state index contributed by atoms with van der Waals surface area (Å²) in [5.41, 5.74) is 0.570. The van der Waals surface area contributed by atoms with Crippen LogP contribution in [-0.2, 0) is 10.0 Å². The van der Waals surface area contributed by atoms with E-state index < -0.39 is 10.0 Å². The van der Waals surface area contributed by atoms with Gasteiger partial charge in [-0.1, -0.05) is 26.0 Å². The molecule has 0 radical (unpaired) electrons. The van der Waals surface area contributed by atoms with Crippen LogP contribution in [0.25, 0.3) is 0 Å². The first-order valence-corrected chi connectivity index (χ1v) is 8.82. The zero-order valence-electron chi connectivity index (χ0n) is 13.3. The number of hydrogen-bond acceptors (Lipinski definition) is 4. The van der Waals surface area contributed by atoms with Gasteiger partial charge in [0.15, 0.2) is 0 Å². The number of hydrogen-bond donors (Lipinski definition) is 1. The summed E-state index contributed by atoms with van der Waals surface area (Å²) in [7, 11) is -0.214. The van der Waals surface area contributed by atoms with E-state index in [1.807, 2.05) is 6.07 Å². The molecule has 0 heterocycles. The van der Waals surface area contributed by atoms with Crippen molar-refractivity contribution in [2.75, 3.05) is 30.8 Å². The number of nitrogens with zero attached hydrogens (tertiary/aromatic N) is 1. The summed E-state index contributed by atoms with van der Waals surface area (Å²) in [5.74, 6) is 0.700. The van der Waals surface area contributed by atoms with Gasteiger partial charge in [0.25, 0.3) is 0 Å². The molecule has 1 N–H and O–H groups in total. The number of rotatable bonds is 9. The Morgan fingerprint density at radius 2 is 1.90 bits per heavy atom. The summed E-state index contributed by atoms with van der Waals surface area (Å²) in [6.07, 6.45) is 1.48. The molecule has 0 saturated heterocycles. The SMILES string of the molecule is COc1ccccc1N(C)S(=O)(=O)CCCCNC(C)C. The summed E-state index contributed by atoms with van der Waals surface area (Å²) < 4.78 is 31.2.